The summed E-state index contributed by atoms with van der Waals surface area (Å²) >= 11 is 0. The second kappa shape index (κ2) is 5.91. The van der Waals surface area contributed by atoms with E-state index in [9.17, 15) is 4.79 Å². The highest BCUT2D eigenvalue weighted by Gasteiger charge is 2.20. The molecule has 0 saturated carbocycles. The molecular formula is C16H21NO2. The number of hydrogen-bond acceptors (Lipinski definition) is 2. The number of carbonyl (C=O) groups excluding carboxylic acids is 1. The average molecular weight is 259 g/mol. The second-order valence-electron chi connectivity index (χ2n) is 4.88. The summed E-state index contributed by atoms with van der Waals surface area (Å²) in [5.74, 6) is -0.137. The van der Waals surface area contributed by atoms with Gasteiger partial charge >= 0.3 is 5.97 Å². The molecule has 102 valence electrons. The van der Waals surface area contributed by atoms with Gasteiger partial charge in [-0.3, -0.25) is 0 Å². The van der Waals surface area contributed by atoms with Gasteiger partial charge in [0.1, 0.15) is 6.04 Å². The molecular weight excluding hydrogens is 238 g/mol. The number of aryl methyl sites for hydroxylation is 1. The summed E-state index contributed by atoms with van der Waals surface area (Å²) in [5.41, 5.74) is 2.32. The number of nitrogens with zero attached hydrogens (tertiary/aromatic N) is 1. The molecule has 0 aliphatic rings. The van der Waals surface area contributed by atoms with E-state index < -0.39 is 0 Å². The largest absolute Gasteiger partial charge is 0.464 e. The van der Waals surface area contributed by atoms with Gasteiger partial charge in [-0.05, 0) is 43.4 Å². The summed E-state index contributed by atoms with van der Waals surface area (Å²) in [6.07, 6.45) is 3.57. The first-order chi connectivity index (χ1) is 9.17. The van der Waals surface area contributed by atoms with Crippen molar-refractivity contribution in [3.05, 3.63) is 36.0 Å². The molecule has 1 heterocycles. The van der Waals surface area contributed by atoms with E-state index in [1.54, 1.807) is 0 Å². The number of hydrogen-bond donors (Lipinski definition) is 0. The van der Waals surface area contributed by atoms with Crippen LogP contribution in [0.5, 0.6) is 0 Å². The highest BCUT2D eigenvalue weighted by Crippen LogP contribution is 2.24. The lowest BCUT2D eigenvalue weighted by molar-refractivity contribution is -0.147. The monoisotopic (exact) mass is 259 g/mol. The minimum absolute atomic E-state index is 0.137. The van der Waals surface area contributed by atoms with E-state index >= 15 is 0 Å². The molecule has 0 saturated heterocycles. The third-order valence-corrected chi connectivity index (χ3v) is 3.32. The molecule has 3 heteroatoms. The molecule has 2 aromatic rings. The molecule has 3 nitrogen and oxygen atoms in total. The molecule has 0 fully saturated rings. The van der Waals surface area contributed by atoms with Crippen LogP contribution >= 0.6 is 0 Å². The number of aromatic nitrogens is 1. The van der Waals surface area contributed by atoms with Crippen molar-refractivity contribution in [1.29, 1.82) is 0 Å². The second-order valence-corrected chi connectivity index (χ2v) is 4.88. The Labute approximate surface area is 114 Å². The van der Waals surface area contributed by atoms with Gasteiger partial charge in [-0.1, -0.05) is 25.5 Å². The van der Waals surface area contributed by atoms with E-state index in [2.05, 4.69) is 31.2 Å². The molecule has 1 atom stereocenters. The van der Waals surface area contributed by atoms with Crippen molar-refractivity contribution in [2.75, 3.05) is 6.61 Å². The van der Waals surface area contributed by atoms with Crippen molar-refractivity contribution in [2.24, 2.45) is 0 Å². The number of ether oxygens (including phenoxy) is 1. The van der Waals surface area contributed by atoms with E-state index in [4.69, 9.17) is 4.74 Å². The molecule has 0 aliphatic carbocycles. The molecule has 1 aromatic carbocycles. The number of benzene rings is 1. The highest BCUT2D eigenvalue weighted by atomic mass is 16.5. The molecule has 0 spiro atoms. The maximum Gasteiger partial charge on any atom is 0.329 e. The van der Waals surface area contributed by atoms with Gasteiger partial charge in [-0.15, -0.1) is 0 Å². The molecule has 0 N–H and O–H groups in total. The number of carbonyl (C=O) groups is 1. The molecule has 0 aliphatic heterocycles. The van der Waals surface area contributed by atoms with Gasteiger partial charge in [0.05, 0.1) is 6.61 Å². The maximum atomic E-state index is 12.1. The van der Waals surface area contributed by atoms with Gasteiger partial charge in [-0.2, -0.15) is 0 Å². The van der Waals surface area contributed by atoms with Crippen LogP contribution in [0.3, 0.4) is 0 Å². The first-order valence-corrected chi connectivity index (χ1v) is 6.91. The molecule has 1 unspecified atom stereocenters. The van der Waals surface area contributed by atoms with Crippen LogP contribution in [0.2, 0.25) is 0 Å². The minimum Gasteiger partial charge on any atom is -0.464 e. The predicted molar refractivity (Wildman–Crippen MR) is 77.3 cm³/mol. The summed E-state index contributed by atoms with van der Waals surface area (Å²) < 4.78 is 7.30. The molecule has 0 bridgehead atoms. The number of rotatable bonds is 5. The first-order valence-electron chi connectivity index (χ1n) is 6.91. The van der Waals surface area contributed by atoms with Crippen LogP contribution < -0.4 is 0 Å². The van der Waals surface area contributed by atoms with Crippen LogP contribution in [-0.4, -0.2) is 17.1 Å². The van der Waals surface area contributed by atoms with Crippen LogP contribution in [0.4, 0.5) is 0 Å². The van der Waals surface area contributed by atoms with Crippen molar-refractivity contribution >= 4 is 16.9 Å². The van der Waals surface area contributed by atoms with Crippen molar-refractivity contribution in [3.8, 4) is 0 Å². The molecule has 1 aromatic heterocycles. The SMILES string of the molecule is CCCOC(=O)C(CC)n1ccc2cc(C)ccc21. The Bertz CT molecular complexity index is 571. The predicted octanol–water partition coefficient (Wildman–Crippen LogP) is 3.85. The van der Waals surface area contributed by atoms with Crippen LogP contribution in [0.1, 0.15) is 38.3 Å². The fourth-order valence-corrected chi connectivity index (χ4v) is 2.33. The van der Waals surface area contributed by atoms with Crippen LogP contribution in [-0.2, 0) is 9.53 Å². The third-order valence-electron chi connectivity index (χ3n) is 3.32. The van der Waals surface area contributed by atoms with Crippen molar-refractivity contribution in [1.82, 2.24) is 4.57 Å². The fourth-order valence-electron chi connectivity index (χ4n) is 2.33. The minimum atomic E-state index is -0.230. The molecule has 0 amide bonds. The zero-order valence-electron chi connectivity index (χ0n) is 11.8. The zero-order valence-corrected chi connectivity index (χ0v) is 11.8. The van der Waals surface area contributed by atoms with Gasteiger partial charge in [-0.25, -0.2) is 4.79 Å². The van der Waals surface area contributed by atoms with Crippen LogP contribution in [0, 0.1) is 6.92 Å². The van der Waals surface area contributed by atoms with Gasteiger partial charge in [0, 0.05) is 11.7 Å². The summed E-state index contributed by atoms with van der Waals surface area (Å²) in [4.78, 5) is 12.1. The smallest absolute Gasteiger partial charge is 0.329 e. The average Bonchev–Trinajstić information content (AvgIpc) is 2.80. The van der Waals surface area contributed by atoms with E-state index in [0.717, 1.165) is 18.4 Å². The quantitative estimate of drug-likeness (QED) is 0.764. The van der Waals surface area contributed by atoms with Crippen molar-refractivity contribution < 1.29 is 9.53 Å². The number of fused-ring (bicyclic) bond motifs is 1. The van der Waals surface area contributed by atoms with Crippen LogP contribution in [0.15, 0.2) is 30.5 Å². The van der Waals surface area contributed by atoms with E-state index in [1.807, 2.05) is 24.6 Å². The van der Waals surface area contributed by atoms with Gasteiger partial charge in [0.2, 0.25) is 0 Å². The topological polar surface area (TPSA) is 31.2 Å². The third kappa shape index (κ3) is 2.80. The Kier molecular flexibility index (Phi) is 4.25. The Hall–Kier alpha value is -1.77. The summed E-state index contributed by atoms with van der Waals surface area (Å²) in [7, 11) is 0. The lowest BCUT2D eigenvalue weighted by Gasteiger charge is -2.17. The molecule has 2 rings (SSSR count). The fraction of sp³-hybridized carbons (Fsp3) is 0.438. The van der Waals surface area contributed by atoms with Gasteiger partial charge in [0.25, 0.3) is 0 Å². The lowest BCUT2D eigenvalue weighted by Crippen LogP contribution is -2.21. The Morgan fingerprint density at radius 1 is 1.32 bits per heavy atom. The lowest BCUT2D eigenvalue weighted by atomic mass is 10.1. The van der Waals surface area contributed by atoms with Crippen molar-refractivity contribution in [3.63, 3.8) is 0 Å². The summed E-state index contributed by atoms with van der Waals surface area (Å²) in [6.45, 7) is 6.58. The van der Waals surface area contributed by atoms with Crippen LogP contribution in [0.25, 0.3) is 10.9 Å². The van der Waals surface area contributed by atoms with Crippen molar-refractivity contribution in [2.45, 2.75) is 39.7 Å². The molecule has 19 heavy (non-hydrogen) atoms. The normalized spacial score (nSPS) is 12.6. The summed E-state index contributed by atoms with van der Waals surface area (Å²) in [5, 5.41) is 1.17. The zero-order chi connectivity index (χ0) is 13.8. The highest BCUT2D eigenvalue weighted by molar-refractivity contribution is 5.84. The van der Waals surface area contributed by atoms with E-state index in [0.29, 0.717) is 6.61 Å². The Morgan fingerprint density at radius 3 is 2.79 bits per heavy atom. The number of esters is 1. The van der Waals surface area contributed by atoms with Gasteiger partial charge < -0.3 is 9.30 Å². The van der Waals surface area contributed by atoms with E-state index in [-0.39, 0.29) is 12.0 Å². The Morgan fingerprint density at radius 2 is 2.11 bits per heavy atom. The first kappa shape index (κ1) is 13.7. The summed E-state index contributed by atoms with van der Waals surface area (Å²) in [6, 6.07) is 8.10. The van der Waals surface area contributed by atoms with Gasteiger partial charge in [0.15, 0.2) is 0 Å². The maximum absolute atomic E-state index is 12.1. The van der Waals surface area contributed by atoms with E-state index in [1.165, 1.54) is 10.9 Å². The standard InChI is InChI=1S/C16H21NO2/c1-4-10-19-16(18)14(5-2)17-9-8-13-11-12(3)6-7-15(13)17/h6-9,11,14H,4-5,10H2,1-3H3. The Balaban J connectivity index is 2.33. The molecule has 0 radical (unpaired) electrons.